The van der Waals surface area contributed by atoms with Crippen LogP contribution < -0.4 is 14.9 Å². The number of anilines is 2. The van der Waals surface area contributed by atoms with Gasteiger partial charge in [0, 0.05) is 66.0 Å². The second-order valence-corrected chi connectivity index (χ2v) is 14.4. The van der Waals surface area contributed by atoms with Gasteiger partial charge >= 0.3 is 0 Å². The Balaban J connectivity index is 1.34. The van der Waals surface area contributed by atoms with Crippen LogP contribution in [0.3, 0.4) is 0 Å². The van der Waals surface area contributed by atoms with Gasteiger partial charge in [0.25, 0.3) is 0 Å². The van der Waals surface area contributed by atoms with Gasteiger partial charge in [0.05, 0.1) is 17.2 Å². The van der Waals surface area contributed by atoms with Gasteiger partial charge in [-0.2, -0.15) is 0 Å². The van der Waals surface area contributed by atoms with Crippen molar-refractivity contribution in [2.24, 2.45) is 0 Å². The largest absolute Gasteiger partial charge is 0.371 e. The number of sulfone groups is 1. The smallest absolute Gasteiger partial charge is 0.223 e. The number of H-pyrrole nitrogens is 1. The van der Waals surface area contributed by atoms with Crippen molar-refractivity contribution in [3.63, 3.8) is 0 Å². The summed E-state index contributed by atoms with van der Waals surface area (Å²) in [5, 5.41) is 4.23. The third kappa shape index (κ3) is 6.07. The molecule has 0 amide bonds. The van der Waals surface area contributed by atoms with Crippen LogP contribution in [-0.2, 0) is 19.9 Å². The number of rotatable bonds is 7. The molecule has 1 aromatic carbocycles. The second-order valence-electron chi connectivity index (χ2n) is 10.3. The topological polar surface area (TPSA) is 137 Å². The molecule has 0 bridgehead atoms. The van der Waals surface area contributed by atoms with Crippen LogP contribution in [0, 0.1) is 0 Å². The summed E-state index contributed by atoms with van der Waals surface area (Å²) in [6, 6.07) is 8.20. The summed E-state index contributed by atoms with van der Waals surface area (Å²) in [5.74, 6) is 0.554. The van der Waals surface area contributed by atoms with E-state index in [4.69, 9.17) is 4.98 Å². The molecule has 200 valence electrons. The zero-order valence-electron chi connectivity index (χ0n) is 21.1. The number of sulfonamides is 1. The van der Waals surface area contributed by atoms with Crippen LogP contribution in [0.25, 0.3) is 22.2 Å². The fraction of sp³-hybridized carbons (Fsp3) is 0.520. The number of hydrogen-bond acceptors (Lipinski definition) is 8. The van der Waals surface area contributed by atoms with E-state index in [1.165, 1.54) is 12.5 Å². The molecule has 3 N–H and O–H groups in total. The Morgan fingerprint density at radius 3 is 2.32 bits per heavy atom. The van der Waals surface area contributed by atoms with Crippen LogP contribution >= 0.6 is 0 Å². The molecule has 5 rings (SSSR count). The van der Waals surface area contributed by atoms with Crippen molar-refractivity contribution in [3.05, 3.63) is 36.7 Å². The van der Waals surface area contributed by atoms with Gasteiger partial charge in [-0.3, -0.25) is 0 Å². The van der Waals surface area contributed by atoms with Crippen molar-refractivity contribution in [3.8, 4) is 11.3 Å². The first-order valence-electron chi connectivity index (χ1n) is 12.7. The number of nitrogens with zero attached hydrogens (tertiary/aromatic N) is 3. The average Bonchev–Trinajstić information content (AvgIpc) is 3.29. The highest BCUT2D eigenvalue weighted by molar-refractivity contribution is 7.91. The molecule has 2 fully saturated rings. The number of piperidine rings is 1. The Morgan fingerprint density at radius 2 is 1.65 bits per heavy atom. The molecule has 10 nitrogen and oxygen atoms in total. The quantitative estimate of drug-likeness (QED) is 0.411. The van der Waals surface area contributed by atoms with E-state index in [9.17, 15) is 16.8 Å². The molecule has 37 heavy (non-hydrogen) atoms. The van der Waals surface area contributed by atoms with Gasteiger partial charge in [0.1, 0.15) is 9.84 Å². The molecule has 2 aromatic heterocycles. The molecule has 1 saturated heterocycles. The zero-order chi connectivity index (χ0) is 26.2. The van der Waals surface area contributed by atoms with Gasteiger partial charge in [-0.1, -0.05) is 6.07 Å². The predicted molar refractivity (Wildman–Crippen MR) is 147 cm³/mol. The third-order valence-corrected chi connectivity index (χ3v) is 9.89. The lowest BCUT2D eigenvalue weighted by Crippen LogP contribution is -2.39. The van der Waals surface area contributed by atoms with Crippen molar-refractivity contribution in [2.75, 3.05) is 35.8 Å². The van der Waals surface area contributed by atoms with Crippen molar-refractivity contribution >= 4 is 42.4 Å². The standard InChI is InChI=1S/C25H34N6O4S2/c1-36(32,33)19-11-14-31(15-12-19)23-5-3-4-22-24(23)20(16-27-22)21-10-13-26-25(29-21)28-17-6-8-18(9-7-17)30-37(2,34)35/h3-5,10,13,16-19,27,30H,6-9,11-12,14-15H2,1-2H3,(H,26,28,29). The minimum absolute atomic E-state index is 0.0209. The monoisotopic (exact) mass is 546 g/mol. The van der Waals surface area contributed by atoms with Gasteiger partial charge in [-0.25, -0.2) is 31.5 Å². The highest BCUT2D eigenvalue weighted by atomic mass is 32.2. The van der Waals surface area contributed by atoms with E-state index in [-0.39, 0.29) is 17.3 Å². The van der Waals surface area contributed by atoms with Crippen LogP contribution in [0.5, 0.6) is 0 Å². The number of aromatic amines is 1. The normalized spacial score (nSPS) is 21.8. The SMILES string of the molecule is CS(=O)(=O)NC1CCC(Nc2nccc(-c3c[nH]c4cccc(N5CCC(S(C)(=O)=O)CC5)c34)n2)CC1. The van der Waals surface area contributed by atoms with E-state index < -0.39 is 19.9 Å². The Kier molecular flexibility index (Phi) is 7.16. The first kappa shape index (κ1) is 25.9. The zero-order valence-corrected chi connectivity index (χ0v) is 22.8. The van der Waals surface area contributed by atoms with Crippen LogP contribution in [0.15, 0.2) is 36.7 Å². The first-order valence-corrected chi connectivity index (χ1v) is 16.5. The maximum Gasteiger partial charge on any atom is 0.223 e. The third-order valence-electron chi connectivity index (χ3n) is 7.44. The van der Waals surface area contributed by atoms with E-state index in [1.54, 1.807) is 6.20 Å². The summed E-state index contributed by atoms with van der Waals surface area (Å²) in [5.41, 5.74) is 3.85. The summed E-state index contributed by atoms with van der Waals surface area (Å²) < 4.78 is 49.8. The van der Waals surface area contributed by atoms with Gasteiger partial charge < -0.3 is 15.2 Å². The van der Waals surface area contributed by atoms with Crippen molar-refractivity contribution in [2.45, 2.75) is 55.9 Å². The lowest BCUT2D eigenvalue weighted by atomic mass is 9.92. The Morgan fingerprint density at radius 1 is 0.946 bits per heavy atom. The number of hydrogen-bond donors (Lipinski definition) is 3. The average molecular weight is 547 g/mol. The molecule has 2 aliphatic rings. The fourth-order valence-electron chi connectivity index (χ4n) is 5.58. The Labute approximate surface area is 218 Å². The molecule has 1 saturated carbocycles. The molecule has 0 unspecified atom stereocenters. The summed E-state index contributed by atoms with van der Waals surface area (Å²) in [7, 11) is -6.23. The van der Waals surface area contributed by atoms with Crippen molar-refractivity contribution < 1.29 is 16.8 Å². The summed E-state index contributed by atoms with van der Waals surface area (Å²) in [4.78, 5) is 14.9. The van der Waals surface area contributed by atoms with Gasteiger partial charge in [-0.15, -0.1) is 0 Å². The minimum Gasteiger partial charge on any atom is -0.371 e. The fourth-order valence-corrected chi connectivity index (χ4v) is 7.48. The van der Waals surface area contributed by atoms with Crippen LogP contribution in [0.1, 0.15) is 38.5 Å². The number of fused-ring (bicyclic) bond motifs is 1. The lowest BCUT2D eigenvalue weighted by molar-refractivity contribution is 0.387. The maximum atomic E-state index is 12.0. The van der Waals surface area contributed by atoms with Crippen LogP contribution in [-0.4, -0.2) is 74.7 Å². The van der Waals surface area contributed by atoms with Gasteiger partial charge in [0.2, 0.25) is 16.0 Å². The van der Waals surface area contributed by atoms with Crippen LogP contribution in [0.2, 0.25) is 0 Å². The molecule has 0 radical (unpaired) electrons. The maximum absolute atomic E-state index is 12.0. The summed E-state index contributed by atoms with van der Waals surface area (Å²) in [6.45, 7) is 1.38. The lowest BCUT2D eigenvalue weighted by Gasteiger charge is -2.33. The van der Waals surface area contributed by atoms with Crippen LogP contribution in [0.4, 0.5) is 11.6 Å². The first-order chi connectivity index (χ1) is 17.6. The molecule has 0 spiro atoms. The minimum atomic E-state index is -3.20. The molecule has 3 heterocycles. The molecule has 1 aliphatic heterocycles. The van der Waals surface area contributed by atoms with E-state index in [0.29, 0.717) is 31.9 Å². The Bertz CT molecular complexity index is 1470. The number of aromatic nitrogens is 3. The highest BCUT2D eigenvalue weighted by Crippen LogP contribution is 2.37. The van der Waals surface area contributed by atoms with E-state index in [0.717, 1.165) is 53.5 Å². The number of nitrogens with one attached hydrogen (secondary N) is 3. The molecule has 1 aliphatic carbocycles. The molecular weight excluding hydrogens is 512 g/mol. The summed E-state index contributed by atoms with van der Waals surface area (Å²) >= 11 is 0. The summed E-state index contributed by atoms with van der Waals surface area (Å²) in [6.07, 6.45) is 10.7. The van der Waals surface area contributed by atoms with E-state index in [1.807, 2.05) is 24.4 Å². The number of benzene rings is 1. The van der Waals surface area contributed by atoms with E-state index in [2.05, 4.69) is 31.0 Å². The second kappa shape index (κ2) is 10.2. The van der Waals surface area contributed by atoms with Gasteiger partial charge in [0.15, 0.2) is 0 Å². The molecular formula is C25H34N6O4S2. The molecule has 0 atom stereocenters. The molecule has 3 aromatic rings. The highest BCUT2D eigenvalue weighted by Gasteiger charge is 2.28. The molecule has 12 heteroatoms. The Hall–Kier alpha value is -2.70. The predicted octanol–water partition coefficient (Wildman–Crippen LogP) is 2.91. The van der Waals surface area contributed by atoms with E-state index >= 15 is 0 Å². The van der Waals surface area contributed by atoms with Crippen molar-refractivity contribution in [1.29, 1.82) is 0 Å². The van der Waals surface area contributed by atoms with Crippen molar-refractivity contribution in [1.82, 2.24) is 19.7 Å². The van der Waals surface area contributed by atoms with Gasteiger partial charge in [-0.05, 0) is 56.7 Å².